The number of anilines is 1. The van der Waals surface area contributed by atoms with Crippen molar-refractivity contribution in [2.45, 2.75) is 12.5 Å². The summed E-state index contributed by atoms with van der Waals surface area (Å²) in [5.41, 5.74) is 0.382. The number of nitrogens with zero attached hydrogens (tertiary/aromatic N) is 1. The van der Waals surface area contributed by atoms with Crippen molar-refractivity contribution in [2.75, 3.05) is 11.9 Å². The number of aliphatic hydroxyl groups excluding tert-OH is 1. The molecule has 2 rings (SSSR count). The first-order valence-electron chi connectivity index (χ1n) is 6.24. The highest BCUT2D eigenvalue weighted by Crippen LogP contribution is 2.28. The second-order valence-electron chi connectivity index (χ2n) is 4.76. The Kier molecular flexibility index (Phi) is 4.02. The van der Waals surface area contributed by atoms with E-state index in [1.807, 2.05) is 36.4 Å². The number of rotatable bonds is 4. The largest absolute Gasteiger partial charge is 0.394 e. The molecule has 3 nitrogen and oxygen atoms in total. The molecular weight excluding hydrogens is 255 g/mol. The Balaban J connectivity index is 2.42. The van der Waals surface area contributed by atoms with Crippen LogP contribution >= 0.6 is 0 Å². The van der Waals surface area contributed by atoms with Gasteiger partial charge in [0.2, 0.25) is 0 Å². The molecule has 0 saturated heterocycles. The molecule has 0 spiro atoms. The second kappa shape index (κ2) is 5.72. The van der Waals surface area contributed by atoms with Crippen molar-refractivity contribution in [3.8, 4) is 6.07 Å². The summed E-state index contributed by atoms with van der Waals surface area (Å²) in [4.78, 5) is 0. The average molecular weight is 270 g/mol. The number of benzene rings is 2. The normalized spacial score (nSPS) is 13.3. The standard InChI is InChI=1S/C16H15FN2O/c1-16(11-20,12-6-3-2-4-7-12)19-15-9-5-8-14(17)13(15)10-18/h2-9,19-20H,11H2,1H3. The van der Waals surface area contributed by atoms with Gasteiger partial charge in [0.05, 0.1) is 17.8 Å². The van der Waals surface area contributed by atoms with Crippen molar-refractivity contribution in [3.05, 3.63) is 65.5 Å². The van der Waals surface area contributed by atoms with Crippen LogP contribution in [0.1, 0.15) is 18.1 Å². The second-order valence-corrected chi connectivity index (χ2v) is 4.76. The third kappa shape index (κ3) is 2.63. The highest BCUT2D eigenvalue weighted by atomic mass is 19.1. The highest BCUT2D eigenvalue weighted by Gasteiger charge is 2.26. The molecule has 0 aliphatic heterocycles. The van der Waals surface area contributed by atoms with Crippen LogP contribution in [0.5, 0.6) is 0 Å². The fourth-order valence-electron chi connectivity index (χ4n) is 2.05. The number of halogens is 1. The van der Waals surface area contributed by atoms with E-state index < -0.39 is 11.4 Å². The molecule has 0 aromatic heterocycles. The minimum atomic E-state index is -0.791. The Hall–Kier alpha value is -2.38. The van der Waals surface area contributed by atoms with Crippen LogP contribution in [0.2, 0.25) is 0 Å². The van der Waals surface area contributed by atoms with Crippen LogP contribution in [-0.4, -0.2) is 11.7 Å². The molecule has 1 unspecified atom stereocenters. The van der Waals surface area contributed by atoms with Gasteiger partial charge >= 0.3 is 0 Å². The van der Waals surface area contributed by atoms with Crippen LogP contribution in [0.3, 0.4) is 0 Å². The topological polar surface area (TPSA) is 56.0 Å². The molecule has 20 heavy (non-hydrogen) atoms. The Morgan fingerprint density at radius 1 is 1.20 bits per heavy atom. The Morgan fingerprint density at radius 3 is 2.50 bits per heavy atom. The summed E-state index contributed by atoms with van der Waals surface area (Å²) in [5.74, 6) is -0.578. The maximum absolute atomic E-state index is 13.6. The lowest BCUT2D eigenvalue weighted by molar-refractivity contribution is 0.224. The lowest BCUT2D eigenvalue weighted by Crippen LogP contribution is -2.36. The predicted molar refractivity (Wildman–Crippen MR) is 75.6 cm³/mol. The molecule has 1 atom stereocenters. The lowest BCUT2D eigenvalue weighted by Gasteiger charge is -2.31. The Morgan fingerprint density at radius 2 is 1.90 bits per heavy atom. The SMILES string of the molecule is CC(CO)(Nc1cccc(F)c1C#N)c1ccccc1. The molecule has 2 aromatic carbocycles. The summed E-state index contributed by atoms with van der Waals surface area (Å²) in [6.45, 7) is 1.62. The van der Waals surface area contributed by atoms with Crippen molar-refractivity contribution in [1.29, 1.82) is 5.26 Å². The minimum Gasteiger partial charge on any atom is -0.394 e. The summed E-state index contributed by atoms with van der Waals surface area (Å²) < 4.78 is 13.6. The molecule has 2 N–H and O–H groups in total. The number of aliphatic hydroxyl groups is 1. The third-order valence-corrected chi connectivity index (χ3v) is 3.26. The first-order chi connectivity index (χ1) is 9.60. The fraction of sp³-hybridized carbons (Fsp3) is 0.188. The van der Waals surface area contributed by atoms with Crippen molar-refractivity contribution in [3.63, 3.8) is 0 Å². The van der Waals surface area contributed by atoms with Gasteiger partial charge < -0.3 is 10.4 Å². The zero-order valence-corrected chi connectivity index (χ0v) is 11.1. The summed E-state index contributed by atoms with van der Waals surface area (Å²) >= 11 is 0. The molecule has 102 valence electrons. The van der Waals surface area contributed by atoms with Crippen molar-refractivity contribution >= 4 is 5.69 Å². The van der Waals surface area contributed by atoms with E-state index in [0.717, 1.165) is 5.56 Å². The van der Waals surface area contributed by atoms with Gasteiger partial charge in [-0.2, -0.15) is 5.26 Å². The molecule has 0 bridgehead atoms. The van der Waals surface area contributed by atoms with Crippen molar-refractivity contribution < 1.29 is 9.50 Å². The molecule has 0 radical (unpaired) electrons. The van der Waals surface area contributed by atoms with E-state index in [-0.39, 0.29) is 12.2 Å². The molecule has 0 heterocycles. The van der Waals surface area contributed by atoms with Gasteiger partial charge in [0.15, 0.2) is 0 Å². The van der Waals surface area contributed by atoms with Gasteiger partial charge in [0, 0.05) is 0 Å². The maximum atomic E-state index is 13.6. The van der Waals surface area contributed by atoms with Crippen LogP contribution in [0, 0.1) is 17.1 Å². The molecule has 0 saturated carbocycles. The number of hydrogen-bond donors (Lipinski definition) is 2. The van der Waals surface area contributed by atoms with Crippen LogP contribution < -0.4 is 5.32 Å². The lowest BCUT2D eigenvalue weighted by atomic mass is 9.92. The van der Waals surface area contributed by atoms with Gasteiger partial charge in [-0.15, -0.1) is 0 Å². The van der Waals surface area contributed by atoms with E-state index >= 15 is 0 Å². The zero-order chi connectivity index (χ0) is 14.6. The highest BCUT2D eigenvalue weighted by molar-refractivity contribution is 5.60. The van der Waals surface area contributed by atoms with Crippen molar-refractivity contribution in [2.24, 2.45) is 0 Å². The Bertz CT molecular complexity index is 637. The van der Waals surface area contributed by atoms with Crippen LogP contribution in [0.25, 0.3) is 0 Å². The van der Waals surface area contributed by atoms with Gasteiger partial charge in [0.25, 0.3) is 0 Å². The van der Waals surface area contributed by atoms with Crippen LogP contribution in [0.4, 0.5) is 10.1 Å². The summed E-state index contributed by atoms with van der Waals surface area (Å²) in [5, 5.41) is 21.8. The van der Waals surface area contributed by atoms with Gasteiger partial charge in [-0.05, 0) is 24.6 Å². The van der Waals surface area contributed by atoms with E-state index in [4.69, 9.17) is 5.26 Å². The van der Waals surface area contributed by atoms with Gasteiger partial charge in [0.1, 0.15) is 17.4 Å². The van der Waals surface area contributed by atoms with Gasteiger partial charge in [-0.1, -0.05) is 36.4 Å². The monoisotopic (exact) mass is 270 g/mol. The number of nitriles is 1. The minimum absolute atomic E-state index is 0.0527. The first kappa shape index (κ1) is 14.0. The van der Waals surface area contributed by atoms with Crippen LogP contribution in [-0.2, 0) is 5.54 Å². The fourth-order valence-corrected chi connectivity index (χ4v) is 2.05. The van der Waals surface area contributed by atoms with E-state index in [1.54, 1.807) is 13.0 Å². The number of nitrogens with one attached hydrogen (secondary N) is 1. The first-order valence-corrected chi connectivity index (χ1v) is 6.24. The molecule has 4 heteroatoms. The Labute approximate surface area is 117 Å². The maximum Gasteiger partial charge on any atom is 0.143 e. The van der Waals surface area contributed by atoms with E-state index in [9.17, 15) is 9.50 Å². The summed E-state index contributed by atoms with van der Waals surface area (Å²) in [6, 6.07) is 15.6. The summed E-state index contributed by atoms with van der Waals surface area (Å²) in [6.07, 6.45) is 0. The molecule has 0 aliphatic carbocycles. The van der Waals surface area contributed by atoms with Crippen LogP contribution in [0.15, 0.2) is 48.5 Å². The van der Waals surface area contributed by atoms with E-state index in [1.165, 1.54) is 12.1 Å². The smallest absolute Gasteiger partial charge is 0.143 e. The number of hydrogen-bond acceptors (Lipinski definition) is 3. The third-order valence-electron chi connectivity index (χ3n) is 3.26. The van der Waals surface area contributed by atoms with Gasteiger partial charge in [-0.3, -0.25) is 0 Å². The van der Waals surface area contributed by atoms with Gasteiger partial charge in [-0.25, -0.2) is 4.39 Å². The molecular formula is C16H15FN2O. The predicted octanol–water partition coefficient (Wildman–Crippen LogP) is 3.02. The molecule has 0 aliphatic rings. The van der Waals surface area contributed by atoms with Crippen molar-refractivity contribution in [1.82, 2.24) is 0 Å². The zero-order valence-electron chi connectivity index (χ0n) is 11.1. The molecule has 2 aromatic rings. The van der Waals surface area contributed by atoms with E-state index in [2.05, 4.69) is 5.32 Å². The molecule has 0 fully saturated rings. The summed E-state index contributed by atoms with van der Waals surface area (Å²) in [7, 11) is 0. The van der Waals surface area contributed by atoms with E-state index in [0.29, 0.717) is 5.69 Å². The quantitative estimate of drug-likeness (QED) is 0.898. The molecule has 0 amide bonds. The average Bonchev–Trinajstić information content (AvgIpc) is 2.48.